The van der Waals surface area contributed by atoms with Gasteiger partial charge in [0.05, 0.1) is 6.04 Å². The summed E-state index contributed by atoms with van der Waals surface area (Å²) in [6.45, 7) is 0.391. The lowest BCUT2D eigenvalue weighted by Gasteiger charge is -2.25. The standard InChI is InChI=1S/C29H39N5O7/c30-16-8-7-13-22(32-26(37)21(31)17-19-9-3-1-4-10-19)27(38)34-24(18-20-11-5-2-6-12-20)28(39)33-23(29(40)41)14-15-25(35)36/h1-6,9-12,21-24H,7-8,13-18,30-31H2,(H,32,37)(H,33,39)(H,34,38)(H,35,36)(H,40,41). The Morgan fingerprint density at radius 3 is 1.71 bits per heavy atom. The van der Waals surface area contributed by atoms with Gasteiger partial charge in [0.2, 0.25) is 17.7 Å². The second kappa shape index (κ2) is 17.4. The molecule has 0 aliphatic carbocycles. The number of hydrogen-bond donors (Lipinski definition) is 7. The molecule has 222 valence electrons. The van der Waals surface area contributed by atoms with Crippen LogP contribution >= 0.6 is 0 Å². The van der Waals surface area contributed by atoms with E-state index in [0.29, 0.717) is 24.9 Å². The number of carboxylic acid groups (broad SMARTS) is 2. The first-order valence-corrected chi connectivity index (χ1v) is 13.5. The summed E-state index contributed by atoms with van der Waals surface area (Å²) in [4.78, 5) is 62.1. The van der Waals surface area contributed by atoms with Crippen LogP contribution in [0, 0.1) is 0 Å². The number of aliphatic carboxylic acids is 2. The monoisotopic (exact) mass is 569 g/mol. The van der Waals surface area contributed by atoms with Gasteiger partial charge in [0.15, 0.2) is 0 Å². The third kappa shape index (κ3) is 12.2. The molecule has 0 bridgehead atoms. The van der Waals surface area contributed by atoms with Gasteiger partial charge in [-0.15, -0.1) is 0 Å². The van der Waals surface area contributed by atoms with Gasteiger partial charge in [-0.1, -0.05) is 60.7 Å². The number of rotatable bonds is 18. The summed E-state index contributed by atoms with van der Waals surface area (Å²) in [6, 6.07) is 13.3. The summed E-state index contributed by atoms with van der Waals surface area (Å²) in [5, 5.41) is 26.1. The van der Waals surface area contributed by atoms with Gasteiger partial charge < -0.3 is 37.6 Å². The first kappa shape index (κ1) is 32.9. The molecule has 0 heterocycles. The van der Waals surface area contributed by atoms with Crippen LogP contribution in [-0.2, 0) is 36.8 Å². The second-order valence-electron chi connectivity index (χ2n) is 9.72. The van der Waals surface area contributed by atoms with Crippen molar-refractivity contribution in [3.05, 3.63) is 71.8 Å². The van der Waals surface area contributed by atoms with Gasteiger partial charge in [-0.05, 0) is 49.8 Å². The largest absolute Gasteiger partial charge is 0.481 e. The molecule has 12 nitrogen and oxygen atoms in total. The van der Waals surface area contributed by atoms with Gasteiger partial charge >= 0.3 is 11.9 Å². The lowest BCUT2D eigenvalue weighted by molar-refractivity contribution is -0.143. The van der Waals surface area contributed by atoms with Crippen LogP contribution in [0.5, 0.6) is 0 Å². The van der Waals surface area contributed by atoms with Crippen LogP contribution in [0.4, 0.5) is 0 Å². The molecule has 0 radical (unpaired) electrons. The Morgan fingerprint density at radius 2 is 1.17 bits per heavy atom. The number of carbonyl (C=O) groups is 5. The van der Waals surface area contributed by atoms with Crippen molar-refractivity contribution in [2.24, 2.45) is 11.5 Å². The van der Waals surface area contributed by atoms with E-state index >= 15 is 0 Å². The van der Waals surface area contributed by atoms with Crippen molar-refractivity contribution in [1.29, 1.82) is 0 Å². The van der Waals surface area contributed by atoms with Crippen LogP contribution in [0.1, 0.15) is 43.2 Å². The van der Waals surface area contributed by atoms with Crippen LogP contribution in [0.3, 0.4) is 0 Å². The molecule has 0 aliphatic heterocycles. The topological polar surface area (TPSA) is 214 Å². The highest BCUT2D eigenvalue weighted by Gasteiger charge is 2.30. The van der Waals surface area contributed by atoms with E-state index in [1.165, 1.54) is 0 Å². The molecule has 12 heteroatoms. The van der Waals surface area contributed by atoms with E-state index in [-0.39, 0.29) is 25.7 Å². The molecule has 4 unspecified atom stereocenters. The number of hydrogen-bond acceptors (Lipinski definition) is 7. The summed E-state index contributed by atoms with van der Waals surface area (Å²) >= 11 is 0. The first-order valence-electron chi connectivity index (χ1n) is 13.5. The number of nitrogens with two attached hydrogens (primary N) is 2. The number of amides is 3. The number of carbonyl (C=O) groups excluding carboxylic acids is 3. The van der Waals surface area contributed by atoms with E-state index < -0.39 is 60.2 Å². The molecule has 0 saturated heterocycles. The van der Waals surface area contributed by atoms with E-state index in [4.69, 9.17) is 16.6 Å². The van der Waals surface area contributed by atoms with E-state index in [1.54, 1.807) is 30.3 Å². The quantitative estimate of drug-likeness (QED) is 0.123. The van der Waals surface area contributed by atoms with Crippen molar-refractivity contribution >= 4 is 29.7 Å². The van der Waals surface area contributed by atoms with Gasteiger partial charge in [0, 0.05) is 12.8 Å². The lowest BCUT2D eigenvalue weighted by atomic mass is 10.0. The second-order valence-corrected chi connectivity index (χ2v) is 9.72. The smallest absolute Gasteiger partial charge is 0.326 e. The van der Waals surface area contributed by atoms with Gasteiger partial charge in [0.1, 0.15) is 18.1 Å². The minimum atomic E-state index is -1.47. The molecule has 2 rings (SSSR count). The van der Waals surface area contributed by atoms with Crippen LogP contribution < -0.4 is 27.4 Å². The molecular weight excluding hydrogens is 530 g/mol. The molecule has 4 atom stereocenters. The van der Waals surface area contributed by atoms with E-state index in [2.05, 4.69) is 16.0 Å². The maximum atomic E-state index is 13.4. The molecule has 0 aromatic heterocycles. The van der Waals surface area contributed by atoms with E-state index in [1.807, 2.05) is 30.3 Å². The number of carboxylic acids is 2. The maximum absolute atomic E-state index is 13.4. The predicted octanol–water partition coefficient (Wildman–Crippen LogP) is 0.332. The molecule has 0 saturated carbocycles. The highest BCUT2D eigenvalue weighted by molar-refractivity contribution is 5.94. The Hall–Kier alpha value is -4.29. The lowest BCUT2D eigenvalue weighted by Crippen LogP contribution is -2.57. The Kier molecular flexibility index (Phi) is 14.0. The van der Waals surface area contributed by atoms with E-state index in [0.717, 1.165) is 5.56 Å². The zero-order valence-electron chi connectivity index (χ0n) is 22.8. The van der Waals surface area contributed by atoms with Gasteiger partial charge in [-0.2, -0.15) is 0 Å². The summed E-state index contributed by atoms with van der Waals surface area (Å²) in [7, 11) is 0. The minimum absolute atomic E-state index is 0.0284. The Bertz CT molecular complexity index is 1150. The van der Waals surface area contributed by atoms with Crippen LogP contribution in [0.15, 0.2) is 60.7 Å². The molecule has 2 aromatic rings. The maximum Gasteiger partial charge on any atom is 0.326 e. The fraction of sp³-hybridized carbons (Fsp3) is 0.414. The van der Waals surface area contributed by atoms with Crippen LogP contribution in [0.2, 0.25) is 0 Å². The van der Waals surface area contributed by atoms with Crippen molar-refractivity contribution < 1.29 is 34.2 Å². The highest BCUT2D eigenvalue weighted by Crippen LogP contribution is 2.09. The molecule has 41 heavy (non-hydrogen) atoms. The third-order valence-electron chi connectivity index (χ3n) is 6.39. The average molecular weight is 570 g/mol. The SMILES string of the molecule is NCCCCC(NC(=O)C(N)Cc1ccccc1)C(=O)NC(Cc1ccccc1)C(=O)NC(CCC(=O)O)C(=O)O. The molecule has 3 amide bonds. The number of nitrogens with one attached hydrogen (secondary N) is 3. The zero-order chi connectivity index (χ0) is 30.2. The summed E-state index contributed by atoms with van der Waals surface area (Å²) < 4.78 is 0. The van der Waals surface area contributed by atoms with Crippen LogP contribution in [0.25, 0.3) is 0 Å². The zero-order valence-corrected chi connectivity index (χ0v) is 22.8. The van der Waals surface area contributed by atoms with Gasteiger partial charge in [-0.3, -0.25) is 19.2 Å². The summed E-state index contributed by atoms with van der Waals surface area (Å²) in [5.41, 5.74) is 13.3. The van der Waals surface area contributed by atoms with Crippen molar-refractivity contribution in [2.75, 3.05) is 6.54 Å². The minimum Gasteiger partial charge on any atom is -0.481 e. The molecular formula is C29H39N5O7. The molecule has 9 N–H and O–H groups in total. The van der Waals surface area contributed by atoms with Gasteiger partial charge in [-0.25, -0.2) is 4.79 Å². The Labute approximate surface area is 238 Å². The Balaban J connectivity index is 2.20. The number of benzene rings is 2. The average Bonchev–Trinajstić information content (AvgIpc) is 2.95. The highest BCUT2D eigenvalue weighted by atomic mass is 16.4. The summed E-state index contributed by atoms with van der Waals surface area (Å²) in [6.07, 6.45) is 0.854. The van der Waals surface area contributed by atoms with Crippen LogP contribution in [-0.4, -0.2) is 70.6 Å². The normalized spacial score (nSPS) is 13.7. The van der Waals surface area contributed by atoms with Crippen molar-refractivity contribution in [1.82, 2.24) is 16.0 Å². The first-order chi connectivity index (χ1) is 19.6. The Morgan fingerprint density at radius 1 is 0.659 bits per heavy atom. The number of unbranched alkanes of at least 4 members (excludes halogenated alkanes) is 1. The molecule has 0 spiro atoms. The molecule has 0 fully saturated rings. The fourth-order valence-electron chi connectivity index (χ4n) is 4.13. The van der Waals surface area contributed by atoms with Crippen molar-refractivity contribution in [3.63, 3.8) is 0 Å². The van der Waals surface area contributed by atoms with Crippen molar-refractivity contribution in [3.8, 4) is 0 Å². The van der Waals surface area contributed by atoms with Gasteiger partial charge in [0.25, 0.3) is 0 Å². The molecule has 2 aromatic carbocycles. The molecule has 0 aliphatic rings. The fourth-order valence-corrected chi connectivity index (χ4v) is 4.13. The van der Waals surface area contributed by atoms with Crippen molar-refractivity contribution in [2.45, 2.75) is 69.1 Å². The van der Waals surface area contributed by atoms with E-state index in [9.17, 15) is 29.1 Å². The predicted molar refractivity (Wildman–Crippen MR) is 151 cm³/mol. The third-order valence-corrected chi connectivity index (χ3v) is 6.39. The summed E-state index contributed by atoms with van der Waals surface area (Å²) in [5.74, 6) is -4.58.